The van der Waals surface area contributed by atoms with Gasteiger partial charge >= 0.3 is 5.84 Å². The number of aryl methyl sites for hydroxylation is 1. The molecule has 0 saturated heterocycles. The van der Waals surface area contributed by atoms with E-state index in [-0.39, 0.29) is 23.8 Å². The molecule has 0 spiro atoms. The van der Waals surface area contributed by atoms with Crippen LogP contribution in [0.25, 0.3) is 28.5 Å². The zero-order valence-electron chi connectivity index (χ0n) is 18.6. The molecular weight excluding hydrogens is 471 g/mol. The second kappa shape index (κ2) is 9.28. The van der Waals surface area contributed by atoms with Crippen LogP contribution in [-0.2, 0) is 10.0 Å². The quantitative estimate of drug-likeness (QED) is 0.316. The van der Waals surface area contributed by atoms with Gasteiger partial charge in [0.2, 0.25) is 16.0 Å². The van der Waals surface area contributed by atoms with Gasteiger partial charge in [-0.3, -0.25) is 4.40 Å². The molecule has 2 aromatic carbocycles. The first-order chi connectivity index (χ1) is 16.9. The van der Waals surface area contributed by atoms with E-state index in [1.165, 1.54) is 18.4 Å². The molecule has 0 aliphatic carbocycles. The first-order valence-corrected chi connectivity index (χ1v) is 12.2. The van der Waals surface area contributed by atoms with Crippen LogP contribution in [0.4, 0.5) is 10.3 Å². The number of sulfonamides is 1. The molecule has 0 fully saturated rings. The topological polar surface area (TPSA) is 114 Å². The first kappa shape index (κ1) is 22.7. The number of anilines is 1. The van der Waals surface area contributed by atoms with E-state index in [1.807, 2.05) is 6.92 Å². The number of imidazole rings is 1. The first-order valence-electron chi connectivity index (χ1n) is 10.8. The predicted octanol–water partition coefficient (Wildman–Crippen LogP) is 3.89. The summed E-state index contributed by atoms with van der Waals surface area (Å²) >= 11 is 0. The average molecular weight is 493 g/mol. The smallest absolute Gasteiger partial charge is 0.306 e. The molecule has 0 radical (unpaired) electrons. The molecule has 0 unspecified atom stereocenters. The Hall–Kier alpha value is -4.09. The number of benzene rings is 2. The van der Waals surface area contributed by atoms with Crippen LogP contribution in [-0.4, -0.2) is 40.9 Å². The van der Waals surface area contributed by atoms with E-state index in [2.05, 4.69) is 25.0 Å². The Balaban J connectivity index is 1.33. The third kappa shape index (κ3) is 4.77. The lowest BCUT2D eigenvalue weighted by Crippen LogP contribution is -2.29. The zero-order valence-corrected chi connectivity index (χ0v) is 19.5. The number of nitrogens with one attached hydrogen (secondary N) is 2. The second-order valence-corrected chi connectivity index (χ2v) is 9.54. The molecule has 11 heteroatoms. The monoisotopic (exact) mass is 492 g/mol. The summed E-state index contributed by atoms with van der Waals surface area (Å²) in [4.78, 5) is 13.5. The molecule has 0 atom stereocenters. The molecule has 0 aliphatic heterocycles. The highest BCUT2D eigenvalue weighted by Crippen LogP contribution is 2.32. The van der Waals surface area contributed by atoms with Gasteiger partial charge < -0.3 is 9.73 Å². The third-order valence-corrected chi connectivity index (χ3v) is 6.79. The summed E-state index contributed by atoms with van der Waals surface area (Å²) in [5.41, 5.74) is 3.50. The molecule has 5 aromatic rings. The summed E-state index contributed by atoms with van der Waals surface area (Å²) in [6, 6.07) is 14.4. The van der Waals surface area contributed by atoms with E-state index in [0.717, 1.165) is 5.56 Å². The van der Waals surface area contributed by atoms with Crippen molar-refractivity contribution in [1.29, 1.82) is 0 Å². The van der Waals surface area contributed by atoms with Crippen LogP contribution in [0, 0.1) is 12.7 Å². The standard InChI is InChI=1S/C24H21FN6O3S/c1-16-2-8-19(9-3-16)35(32,33)28-13-12-27-23-26-11-10-20(29-23)22-21(17-4-6-18(25)7-5-17)30-24-31(22)14-15-34-24/h2-11,14-15,28H,12-13H2,1H3,(H,26,27,29). The van der Waals surface area contributed by atoms with Crippen molar-refractivity contribution in [2.24, 2.45) is 0 Å². The molecule has 0 saturated carbocycles. The van der Waals surface area contributed by atoms with Gasteiger partial charge in [0, 0.05) is 31.0 Å². The molecule has 3 aromatic heterocycles. The van der Waals surface area contributed by atoms with Gasteiger partial charge in [-0.05, 0) is 49.4 Å². The largest absolute Gasteiger partial charge is 0.432 e. The summed E-state index contributed by atoms with van der Waals surface area (Å²) < 4.78 is 48.1. The Morgan fingerprint density at radius 1 is 1.00 bits per heavy atom. The van der Waals surface area contributed by atoms with Gasteiger partial charge in [-0.1, -0.05) is 17.7 Å². The van der Waals surface area contributed by atoms with Gasteiger partial charge in [0.15, 0.2) is 0 Å². The Morgan fingerprint density at radius 2 is 1.77 bits per heavy atom. The van der Waals surface area contributed by atoms with Gasteiger partial charge in [-0.25, -0.2) is 27.5 Å². The Labute approximate surface area is 200 Å². The molecule has 2 N–H and O–H groups in total. The van der Waals surface area contributed by atoms with Crippen molar-refractivity contribution in [3.63, 3.8) is 0 Å². The van der Waals surface area contributed by atoms with E-state index >= 15 is 0 Å². The van der Waals surface area contributed by atoms with Crippen LogP contribution in [0.1, 0.15) is 5.56 Å². The van der Waals surface area contributed by atoms with Crippen LogP contribution < -0.4 is 10.0 Å². The molecule has 3 heterocycles. The highest BCUT2D eigenvalue weighted by molar-refractivity contribution is 7.89. The summed E-state index contributed by atoms with van der Waals surface area (Å²) in [6.45, 7) is 2.31. The van der Waals surface area contributed by atoms with E-state index < -0.39 is 10.0 Å². The second-order valence-electron chi connectivity index (χ2n) is 7.77. The van der Waals surface area contributed by atoms with Crippen LogP contribution >= 0.6 is 0 Å². The maximum atomic E-state index is 13.4. The Bertz CT molecular complexity index is 1580. The number of hydrogen-bond donors (Lipinski definition) is 2. The van der Waals surface area contributed by atoms with E-state index in [9.17, 15) is 12.8 Å². The summed E-state index contributed by atoms with van der Waals surface area (Å²) in [5, 5.41) is 3.04. The highest BCUT2D eigenvalue weighted by Gasteiger charge is 2.19. The fraction of sp³-hybridized carbons (Fsp3) is 0.125. The summed E-state index contributed by atoms with van der Waals surface area (Å²) in [5.74, 6) is 0.350. The molecule has 178 valence electrons. The van der Waals surface area contributed by atoms with Crippen molar-refractivity contribution in [1.82, 2.24) is 24.1 Å². The molecule has 0 aliphatic rings. The molecule has 35 heavy (non-hydrogen) atoms. The minimum atomic E-state index is -3.61. The molecule has 0 bridgehead atoms. The fourth-order valence-electron chi connectivity index (χ4n) is 3.58. The molecular formula is C24H21FN6O3S. The van der Waals surface area contributed by atoms with Gasteiger partial charge in [-0.15, -0.1) is 0 Å². The van der Waals surface area contributed by atoms with E-state index in [1.54, 1.807) is 59.3 Å². The third-order valence-electron chi connectivity index (χ3n) is 5.31. The van der Waals surface area contributed by atoms with E-state index in [0.29, 0.717) is 34.4 Å². The fourth-order valence-corrected chi connectivity index (χ4v) is 4.61. The van der Waals surface area contributed by atoms with Crippen molar-refractivity contribution in [3.05, 3.63) is 84.6 Å². The predicted molar refractivity (Wildman–Crippen MR) is 129 cm³/mol. The number of nitrogens with zero attached hydrogens (tertiary/aromatic N) is 4. The van der Waals surface area contributed by atoms with Crippen LogP contribution in [0.5, 0.6) is 0 Å². The SMILES string of the molecule is Cc1ccc(S(=O)(=O)NCCNc2nccc(-c3c(-c4ccc(F)cc4)nc4occn34)n2)cc1. The minimum Gasteiger partial charge on any atom is -0.432 e. The minimum absolute atomic E-state index is 0.142. The number of rotatable bonds is 8. The normalized spacial score (nSPS) is 11.7. The highest BCUT2D eigenvalue weighted by atomic mass is 32.2. The Kier molecular flexibility index (Phi) is 6.01. The number of fused-ring (bicyclic) bond motifs is 1. The van der Waals surface area contributed by atoms with Crippen molar-refractivity contribution in [2.75, 3.05) is 18.4 Å². The van der Waals surface area contributed by atoms with Gasteiger partial charge in [-0.2, -0.15) is 4.98 Å². The lowest BCUT2D eigenvalue weighted by molar-refractivity contribution is 0.582. The summed E-state index contributed by atoms with van der Waals surface area (Å²) in [7, 11) is -3.61. The van der Waals surface area contributed by atoms with E-state index in [4.69, 9.17) is 4.42 Å². The van der Waals surface area contributed by atoms with Crippen molar-refractivity contribution in [3.8, 4) is 22.6 Å². The lowest BCUT2D eigenvalue weighted by Gasteiger charge is -2.09. The van der Waals surface area contributed by atoms with Gasteiger partial charge in [0.25, 0.3) is 0 Å². The maximum absolute atomic E-state index is 13.4. The van der Waals surface area contributed by atoms with Crippen molar-refractivity contribution < 1.29 is 17.2 Å². The lowest BCUT2D eigenvalue weighted by atomic mass is 10.1. The number of halogens is 1. The van der Waals surface area contributed by atoms with Crippen molar-refractivity contribution in [2.45, 2.75) is 11.8 Å². The number of oxazole rings is 1. The van der Waals surface area contributed by atoms with Crippen molar-refractivity contribution >= 4 is 21.8 Å². The number of aromatic nitrogens is 4. The molecule has 9 nitrogen and oxygen atoms in total. The van der Waals surface area contributed by atoms with Crippen LogP contribution in [0.3, 0.4) is 0 Å². The average Bonchev–Trinajstić information content (AvgIpc) is 3.44. The molecule has 5 rings (SSSR count). The maximum Gasteiger partial charge on any atom is 0.306 e. The zero-order chi connectivity index (χ0) is 24.4. The Morgan fingerprint density at radius 3 is 2.54 bits per heavy atom. The van der Waals surface area contributed by atoms with Gasteiger partial charge in [0.05, 0.1) is 10.6 Å². The molecule has 0 amide bonds. The van der Waals surface area contributed by atoms with Crippen LogP contribution in [0.15, 0.2) is 82.6 Å². The van der Waals surface area contributed by atoms with Crippen LogP contribution in [0.2, 0.25) is 0 Å². The van der Waals surface area contributed by atoms with Gasteiger partial charge in [0.1, 0.15) is 23.5 Å². The summed E-state index contributed by atoms with van der Waals surface area (Å²) in [6.07, 6.45) is 4.83. The number of hydrogen-bond acceptors (Lipinski definition) is 7.